The van der Waals surface area contributed by atoms with Gasteiger partial charge < -0.3 is 10.1 Å². The first-order chi connectivity index (χ1) is 13.0. The van der Waals surface area contributed by atoms with Gasteiger partial charge >= 0.3 is 0 Å². The maximum atomic E-state index is 12.4. The molecule has 0 unspecified atom stereocenters. The molecule has 0 atom stereocenters. The summed E-state index contributed by atoms with van der Waals surface area (Å²) in [4.78, 5) is 12.4. The van der Waals surface area contributed by atoms with Crippen molar-refractivity contribution >= 4 is 5.91 Å². The summed E-state index contributed by atoms with van der Waals surface area (Å²) >= 11 is 0. The molecule has 1 N–H and O–H groups in total. The van der Waals surface area contributed by atoms with Crippen LogP contribution in [0.15, 0.2) is 30.6 Å². The number of hydrogen-bond donors (Lipinski definition) is 1. The number of ether oxygens (including phenoxy) is 1. The van der Waals surface area contributed by atoms with Gasteiger partial charge in [-0.15, -0.1) is 0 Å². The van der Waals surface area contributed by atoms with Crippen LogP contribution >= 0.6 is 0 Å². The number of nitrogens with zero attached hydrogens (tertiary/aromatic N) is 3. The third-order valence-electron chi connectivity index (χ3n) is 5.02. The van der Waals surface area contributed by atoms with Crippen LogP contribution in [0.25, 0.3) is 0 Å². The summed E-state index contributed by atoms with van der Waals surface area (Å²) < 4.78 is 7.86. The summed E-state index contributed by atoms with van der Waals surface area (Å²) in [6.45, 7) is 5.98. The first kappa shape index (κ1) is 19.0. The van der Waals surface area contributed by atoms with E-state index in [2.05, 4.69) is 16.5 Å². The SMILES string of the molecule is Cc1cc(OC2CCC(NC(=O)c3cnn(C(C)C)c3)CC2)ccc1C#N.[HH]. The number of aromatic nitrogens is 2. The summed E-state index contributed by atoms with van der Waals surface area (Å²) in [6, 6.07) is 8.15. The Balaban J connectivity index is 0.00000280. The molecule has 1 fully saturated rings. The van der Waals surface area contributed by atoms with E-state index in [1.54, 1.807) is 23.1 Å². The van der Waals surface area contributed by atoms with Crippen LogP contribution in [0.5, 0.6) is 5.75 Å². The zero-order valence-electron chi connectivity index (χ0n) is 16.1. The van der Waals surface area contributed by atoms with Crippen molar-refractivity contribution in [2.24, 2.45) is 0 Å². The predicted octanol–water partition coefficient (Wildman–Crippen LogP) is 4.01. The molecule has 1 saturated carbocycles. The van der Waals surface area contributed by atoms with Crippen molar-refractivity contribution in [3.8, 4) is 11.8 Å². The molecular weight excluding hydrogens is 340 g/mol. The summed E-state index contributed by atoms with van der Waals surface area (Å²) in [5.41, 5.74) is 2.21. The lowest BCUT2D eigenvalue weighted by atomic mass is 9.92. The van der Waals surface area contributed by atoms with Gasteiger partial charge in [0.2, 0.25) is 0 Å². The second-order valence-electron chi connectivity index (χ2n) is 7.46. The molecule has 0 radical (unpaired) electrons. The van der Waals surface area contributed by atoms with E-state index in [0.717, 1.165) is 37.0 Å². The zero-order valence-corrected chi connectivity index (χ0v) is 16.1. The Hall–Kier alpha value is -2.81. The molecule has 1 heterocycles. The zero-order chi connectivity index (χ0) is 19.4. The lowest BCUT2D eigenvalue weighted by Crippen LogP contribution is -2.39. The molecule has 0 aliphatic heterocycles. The lowest BCUT2D eigenvalue weighted by Gasteiger charge is -2.29. The van der Waals surface area contributed by atoms with Gasteiger partial charge in [0.05, 0.1) is 29.5 Å². The van der Waals surface area contributed by atoms with Gasteiger partial charge in [-0.1, -0.05) is 0 Å². The number of aryl methyl sites for hydroxylation is 1. The number of carbonyl (C=O) groups excluding carboxylic acids is 1. The largest absolute Gasteiger partial charge is 0.490 e. The quantitative estimate of drug-likeness (QED) is 0.865. The molecule has 1 amide bonds. The van der Waals surface area contributed by atoms with Crippen LogP contribution in [0.1, 0.15) is 68.5 Å². The molecule has 0 spiro atoms. The van der Waals surface area contributed by atoms with Gasteiger partial charge in [0.25, 0.3) is 5.91 Å². The standard InChI is InChI=1S/C21H26N4O2.H2/c1-14(2)25-13-17(12-23-25)21(26)24-18-5-8-19(9-6-18)27-20-7-4-16(11-22)15(3)10-20;/h4,7,10,12-14,18-19H,5-6,8-9H2,1-3H3,(H,24,26);1H. The number of rotatable bonds is 5. The Morgan fingerprint density at radius 1 is 1.37 bits per heavy atom. The molecule has 1 aliphatic rings. The summed E-state index contributed by atoms with van der Waals surface area (Å²) in [6.07, 6.45) is 7.15. The van der Waals surface area contributed by atoms with Gasteiger partial charge in [-0.05, 0) is 70.2 Å². The van der Waals surface area contributed by atoms with Gasteiger partial charge in [0.1, 0.15) is 5.75 Å². The fourth-order valence-corrected chi connectivity index (χ4v) is 3.36. The highest BCUT2D eigenvalue weighted by Gasteiger charge is 2.24. The smallest absolute Gasteiger partial charge is 0.254 e. The second kappa shape index (κ2) is 8.26. The van der Waals surface area contributed by atoms with E-state index < -0.39 is 0 Å². The fraction of sp³-hybridized carbons (Fsp3) is 0.476. The van der Waals surface area contributed by atoms with Crippen molar-refractivity contribution in [3.63, 3.8) is 0 Å². The van der Waals surface area contributed by atoms with Crippen LogP contribution in [0.4, 0.5) is 0 Å². The van der Waals surface area contributed by atoms with Gasteiger partial charge in [-0.3, -0.25) is 9.48 Å². The molecule has 6 nitrogen and oxygen atoms in total. The lowest BCUT2D eigenvalue weighted by molar-refractivity contribution is 0.0893. The molecule has 0 bridgehead atoms. The highest BCUT2D eigenvalue weighted by Crippen LogP contribution is 2.25. The van der Waals surface area contributed by atoms with E-state index in [9.17, 15) is 4.79 Å². The van der Waals surface area contributed by atoms with Crippen LogP contribution in [0.3, 0.4) is 0 Å². The molecule has 3 rings (SSSR count). The van der Waals surface area contributed by atoms with E-state index in [4.69, 9.17) is 10.00 Å². The number of nitriles is 1. The minimum Gasteiger partial charge on any atom is -0.490 e. The molecule has 6 heteroatoms. The Labute approximate surface area is 161 Å². The number of benzene rings is 1. The third-order valence-corrected chi connectivity index (χ3v) is 5.02. The molecule has 1 aliphatic carbocycles. The molecule has 27 heavy (non-hydrogen) atoms. The van der Waals surface area contributed by atoms with Crippen LogP contribution in [0, 0.1) is 18.3 Å². The molecule has 2 aromatic rings. The van der Waals surface area contributed by atoms with Crippen LogP contribution in [-0.4, -0.2) is 27.8 Å². The Morgan fingerprint density at radius 3 is 2.70 bits per heavy atom. The maximum absolute atomic E-state index is 12.4. The first-order valence-corrected chi connectivity index (χ1v) is 9.48. The molecule has 0 saturated heterocycles. The van der Waals surface area contributed by atoms with Crippen molar-refractivity contribution in [2.45, 2.75) is 64.6 Å². The number of nitrogens with one attached hydrogen (secondary N) is 1. The normalized spacial score (nSPS) is 19.5. The van der Waals surface area contributed by atoms with Crippen LogP contribution < -0.4 is 10.1 Å². The Morgan fingerprint density at radius 2 is 2.11 bits per heavy atom. The van der Waals surface area contributed by atoms with Crippen molar-refractivity contribution in [3.05, 3.63) is 47.3 Å². The van der Waals surface area contributed by atoms with Gasteiger partial charge in [0, 0.05) is 19.7 Å². The predicted molar refractivity (Wildman–Crippen MR) is 105 cm³/mol. The summed E-state index contributed by atoms with van der Waals surface area (Å²) in [7, 11) is 0. The average Bonchev–Trinajstić information content (AvgIpc) is 3.14. The van der Waals surface area contributed by atoms with E-state index in [0.29, 0.717) is 11.1 Å². The van der Waals surface area contributed by atoms with E-state index >= 15 is 0 Å². The third kappa shape index (κ3) is 4.68. The molecule has 144 valence electrons. The Kier molecular flexibility index (Phi) is 5.80. The summed E-state index contributed by atoms with van der Waals surface area (Å²) in [5.74, 6) is 0.745. The number of carbonyl (C=O) groups is 1. The average molecular weight is 368 g/mol. The van der Waals surface area contributed by atoms with Crippen molar-refractivity contribution in [1.82, 2.24) is 15.1 Å². The topological polar surface area (TPSA) is 79.9 Å². The van der Waals surface area contributed by atoms with Crippen molar-refractivity contribution in [2.75, 3.05) is 0 Å². The maximum Gasteiger partial charge on any atom is 0.254 e. The van der Waals surface area contributed by atoms with Crippen molar-refractivity contribution < 1.29 is 11.0 Å². The highest BCUT2D eigenvalue weighted by molar-refractivity contribution is 5.93. The van der Waals surface area contributed by atoms with Gasteiger partial charge in [-0.2, -0.15) is 10.4 Å². The molecule has 1 aromatic heterocycles. The minimum absolute atomic E-state index is 0. The van der Waals surface area contributed by atoms with Gasteiger partial charge in [-0.25, -0.2) is 0 Å². The molecule has 1 aromatic carbocycles. The fourth-order valence-electron chi connectivity index (χ4n) is 3.36. The first-order valence-electron chi connectivity index (χ1n) is 9.48. The Bertz CT molecular complexity index is 848. The van der Waals surface area contributed by atoms with E-state index in [-0.39, 0.29) is 25.5 Å². The monoisotopic (exact) mass is 368 g/mol. The van der Waals surface area contributed by atoms with Gasteiger partial charge in [0.15, 0.2) is 0 Å². The van der Waals surface area contributed by atoms with Crippen molar-refractivity contribution in [1.29, 1.82) is 5.26 Å². The van der Waals surface area contributed by atoms with Crippen LogP contribution in [-0.2, 0) is 0 Å². The highest BCUT2D eigenvalue weighted by atomic mass is 16.5. The number of amides is 1. The summed E-state index contributed by atoms with van der Waals surface area (Å²) in [5, 5.41) is 16.3. The second-order valence-corrected chi connectivity index (χ2v) is 7.46. The van der Waals surface area contributed by atoms with Crippen LogP contribution in [0.2, 0.25) is 0 Å². The molecular formula is C21H28N4O2. The van der Waals surface area contributed by atoms with E-state index in [1.807, 2.05) is 32.9 Å². The van der Waals surface area contributed by atoms with E-state index in [1.165, 1.54) is 0 Å². The number of hydrogen-bond acceptors (Lipinski definition) is 4. The minimum atomic E-state index is -0.0611.